The number of nitrogens with one attached hydrogen (secondary N) is 1. The third kappa shape index (κ3) is 3.90. The monoisotopic (exact) mass is 329 g/mol. The quantitative estimate of drug-likeness (QED) is 0.905. The van der Waals surface area contributed by atoms with E-state index in [0.29, 0.717) is 11.7 Å². The smallest absolute Gasteiger partial charge is 0.266 e. The van der Waals surface area contributed by atoms with Gasteiger partial charge >= 0.3 is 0 Å². The second kappa shape index (κ2) is 6.98. The maximum absolute atomic E-state index is 12.8. The summed E-state index contributed by atoms with van der Waals surface area (Å²) in [5.41, 5.74) is -0.873. The minimum atomic E-state index is -0.873. The van der Waals surface area contributed by atoms with Crippen molar-refractivity contribution in [3.63, 3.8) is 0 Å². The molecule has 0 atom stereocenters. The molecule has 0 spiro atoms. The molecule has 128 valence electrons. The lowest BCUT2D eigenvalue weighted by molar-refractivity contribution is -0.146. The molecule has 0 saturated carbocycles. The lowest BCUT2D eigenvalue weighted by Gasteiger charge is -2.36. The number of hydrogen-bond acceptors (Lipinski definition) is 5. The standard InChI is InChI=1S/C17H23N5O2/c1-17(2,24-14-6-4-3-5-7-14)16(23)22-10-8-13(9-11-22)12-15-18-20-21-19-15/h3-7,13H,8-12H2,1-2H3,(H,18,19,20,21). The number of carbonyl (C=O) groups excluding carboxylic acids is 1. The first-order valence-electron chi connectivity index (χ1n) is 8.30. The Morgan fingerprint density at radius 2 is 2.00 bits per heavy atom. The zero-order chi connectivity index (χ0) is 17.0. The molecule has 24 heavy (non-hydrogen) atoms. The molecule has 1 aliphatic rings. The van der Waals surface area contributed by atoms with Gasteiger partial charge in [-0.3, -0.25) is 4.79 Å². The molecule has 0 aliphatic carbocycles. The Hall–Kier alpha value is -2.44. The molecule has 1 aromatic carbocycles. The summed E-state index contributed by atoms with van der Waals surface area (Å²) in [5.74, 6) is 1.98. The first kappa shape index (κ1) is 16.4. The van der Waals surface area contributed by atoms with Crippen LogP contribution >= 0.6 is 0 Å². The van der Waals surface area contributed by atoms with Crippen molar-refractivity contribution in [3.8, 4) is 5.75 Å². The molecule has 0 unspecified atom stereocenters. The van der Waals surface area contributed by atoms with Gasteiger partial charge in [-0.1, -0.05) is 23.4 Å². The number of likely N-dealkylation sites (tertiary alicyclic amines) is 1. The normalized spacial score (nSPS) is 16.2. The maximum atomic E-state index is 12.8. The van der Waals surface area contributed by atoms with Crippen LogP contribution in [0.5, 0.6) is 5.75 Å². The van der Waals surface area contributed by atoms with E-state index >= 15 is 0 Å². The number of piperidine rings is 1. The average molecular weight is 329 g/mol. The number of hydrogen-bond donors (Lipinski definition) is 1. The third-order valence-electron chi connectivity index (χ3n) is 4.39. The fraction of sp³-hybridized carbons (Fsp3) is 0.529. The minimum absolute atomic E-state index is 0.0318. The van der Waals surface area contributed by atoms with Crippen LogP contribution in [0.4, 0.5) is 0 Å². The SMILES string of the molecule is CC(C)(Oc1ccccc1)C(=O)N1CCC(Cc2nn[nH]n2)CC1. The Balaban J connectivity index is 1.54. The van der Waals surface area contributed by atoms with Gasteiger partial charge in [0, 0.05) is 19.5 Å². The summed E-state index contributed by atoms with van der Waals surface area (Å²) in [4.78, 5) is 14.7. The Kier molecular flexibility index (Phi) is 4.78. The molecule has 2 heterocycles. The number of benzene rings is 1. The number of tetrazole rings is 1. The highest BCUT2D eigenvalue weighted by molar-refractivity contribution is 5.84. The van der Waals surface area contributed by atoms with Crippen LogP contribution in [0.2, 0.25) is 0 Å². The number of nitrogens with zero attached hydrogens (tertiary/aromatic N) is 4. The van der Waals surface area contributed by atoms with Gasteiger partial charge in [0.05, 0.1) is 0 Å². The van der Waals surface area contributed by atoms with Gasteiger partial charge in [0.15, 0.2) is 11.4 Å². The number of amides is 1. The zero-order valence-electron chi connectivity index (χ0n) is 14.1. The molecule has 1 saturated heterocycles. The van der Waals surface area contributed by atoms with Gasteiger partial charge in [0.25, 0.3) is 5.91 Å². The van der Waals surface area contributed by atoms with E-state index in [4.69, 9.17) is 4.74 Å². The van der Waals surface area contributed by atoms with Crippen molar-refractivity contribution in [3.05, 3.63) is 36.2 Å². The number of para-hydroxylation sites is 1. The van der Waals surface area contributed by atoms with Crippen molar-refractivity contribution in [2.45, 2.75) is 38.7 Å². The van der Waals surface area contributed by atoms with Gasteiger partial charge < -0.3 is 9.64 Å². The average Bonchev–Trinajstić information content (AvgIpc) is 3.08. The largest absolute Gasteiger partial charge is 0.478 e. The number of H-pyrrole nitrogens is 1. The van der Waals surface area contributed by atoms with Crippen LogP contribution in [0.15, 0.2) is 30.3 Å². The molecule has 0 radical (unpaired) electrons. The second-order valence-electron chi connectivity index (χ2n) is 6.69. The van der Waals surface area contributed by atoms with E-state index in [9.17, 15) is 4.79 Å². The van der Waals surface area contributed by atoms with Gasteiger partial charge in [-0.25, -0.2) is 0 Å². The Labute approximate surface area is 141 Å². The molecule has 1 N–H and O–H groups in total. The van der Waals surface area contributed by atoms with Gasteiger partial charge in [-0.15, -0.1) is 10.2 Å². The first-order chi connectivity index (χ1) is 11.5. The molecule has 2 aromatic rings. The van der Waals surface area contributed by atoms with Crippen molar-refractivity contribution in [1.29, 1.82) is 0 Å². The molecule has 1 amide bonds. The number of aromatic amines is 1. The summed E-state index contributed by atoms with van der Waals surface area (Å²) >= 11 is 0. The lowest BCUT2D eigenvalue weighted by Crippen LogP contribution is -2.51. The van der Waals surface area contributed by atoms with E-state index in [1.807, 2.05) is 49.1 Å². The first-order valence-corrected chi connectivity index (χ1v) is 8.30. The Bertz CT molecular complexity index is 649. The van der Waals surface area contributed by atoms with Crippen LogP contribution in [0.1, 0.15) is 32.5 Å². The van der Waals surface area contributed by atoms with Crippen LogP contribution < -0.4 is 4.74 Å². The van der Waals surface area contributed by atoms with E-state index in [1.54, 1.807) is 0 Å². The fourth-order valence-electron chi connectivity index (χ4n) is 3.07. The summed E-state index contributed by atoms with van der Waals surface area (Å²) in [6.07, 6.45) is 2.70. The van der Waals surface area contributed by atoms with Crippen LogP contribution in [0, 0.1) is 5.92 Å². The fourth-order valence-corrected chi connectivity index (χ4v) is 3.07. The number of carbonyl (C=O) groups is 1. The summed E-state index contributed by atoms with van der Waals surface area (Å²) in [5, 5.41) is 14.1. The molecular weight excluding hydrogens is 306 g/mol. The highest BCUT2D eigenvalue weighted by Gasteiger charge is 2.36. The molecule has 7 heteroatoms. The van der Waals surface area contributed by atoms with E-state index in [0.717, 1.165) is 38.2 Å². The van der Waals surface area contributed by atoms with Gasteiger partial charge in [0.2, 0.25) is 0 Å². The van der Waals surface area contributed by atoms with Crippen LogP contribution in [-0.2, 0) is 11.2 Å². The number of ether oxygens (including phenoxy) is 1. The van der Waals surface area contributed by atoms with E-state index in [-0.39, 0.29) is 5.91 Å². The second-order valence-corrected chi connectivity index (χ2v) is 6.69. The topological polar surface area (TPSA) is 84.0 Å². The number of aromatic nitrogens is 4. The van der Waals surface area contributed by atoms with Crippen molar-refractivity contribution in [2.24, 2.45) is 5.92 Å². The molecular formula is C17H23N5O2. The Morgan fingerprint density at radius 1 is 1.29 bits per heavy atom. The van der Waals surface area contributed by atoms with Gasteiger partial charge in [-0.2, -0.15) is 5.21 Å². The zero-order valence-corrected chi connectivity index (χ0v) is 14.1. The van der Waals surface area contributed by atoms with Gasteiger partial charge in [0.1, 0.15) is 5.75 Å². The maximum Gasteiger partial charge on any atom is 0.266 e. The molecule has 3 rings (SSSR count). The Morgan fingerprint density at radius 3 is 2.62 bits per heavy atom. The summed E-state index contributed by atoms with van der Waals surface area (Å²) < 4.78 is 5.91. The summed E-state index contributed by atoms with van der Waals surface area (Å²) in [6, 6.07) is 9.47. The molecule has 1 aromatic heterocycles. The highest BCUT2D eigenvalue weighted by Crippen LogP contribution is 2.25. The third-order valence-corrected chi connectivity index (χ3v) is 4.39. The lowest BCUT2D eigenvalue weighted by atomic mass is 9.92. The molecule has 7 nitrogen and oxygen atoms in total. The van der Waals surface area contributed by atoms with Crippen molar-refractivity contribution >= 4 is 5.91 Å². The predicted octanol–water partition coefficient (Wildman–Crippen LogP) is 1.84. The van der Waals surface area contributed by atoms with Crippen molar-refractivity contribution < 1.29 is 9.53 Å². The number of rotatable bonds is 5. The minimum Gasteiger partial charge on any atom is -0.478 e. The van der Waals surface area contributed by atoms with E-state index < -0.39 is 5.60 Å². The predicted molar refractivity (Wildman–Crippen MR) is 88.3 cm³/mol. The van der Waals surface area contributed by atoms with Crippen LogP contribution in [-0.4, -0.2) is 50.1 Å². The summed E-state index contributed by atoms with van der Waals surface area (Å²) in [6.45, 7) is 5.13. The summed E-state index contributed by atoms with van der Waals surface area (Å²) in [7, 11) is 0. The van der Waals surface area contributed by atoms with Crippen LogP contribution in [0.25, 0.3) is 0 Å². The van der Waals surface area contributed by atoms with E-state index in [2.05, 4.69) is 20.6 Å². The van der Waals surface area contributed by atoms with Crippen molar-refractivity contribution in [2.75, 3.05) is 13.1 Å². The van der Waals surface area contributed by atoms with Crippen LogP contribution in [0.3, 0.4) is 0 Å². The van der Waals surface area contributed by atoms with Crippen molar-refractivity contribution in [1.82, 2.24) is 25.5 Å². The van der Waals surface area contributed by atoms with Gasteiger partial charge in [-0.05, 0) is 44.7 Å². The highest BCUT2D eigenvalue weighted by atomic mass is 16.5. The molecule has 0 bridgehead atoms. The van der Waals surface area contributed by atoms with E-state index in [1.165, 1.54) is 0 Å². The molecule has 1 fully saturated rings. The molecule has 1 aliphatic heterocycles.